The van der Waals surface area contributed by atoms with Crippen molar-refractivity contribution in [3.63, 3.8) is 0 Å². The first kappa shape index (κ1) is 14.3. The Hall–Kier alpha value is -1.70. The monoisotopic (exact) mass is 211 g/mol. The Labute approximate surface area is 100 Å². The van der Waals surface area contributed by atoms with Gasteiger partial charge in [0, 0.05) is 12.7 Å². The molecule has 0 saturated heterocycles. The molecule has 0 atom stereocenters. The van der Waals surface area contributed by atoms with Gasteiger partial charge in [0.1, 0.15) is 7.85 Å². The number of rotatable bonds is 6. The fraction of sp³-hybridized carbons (Fsp3) is 0.143. The smallest absolute Gasteiger partial charge is 0.113 e. The molecule has 0 saturated carbocycles. The second kappa shape index (κ2) is 6.73. The van der Waals surface area contributed by atoms with Gasteiger partial charge in [-0.3, -0.25) is 0 Å². The minimum absolute atomic E-state index is 0.461. The zero-order valence-electron chi connectivity index (χ0n) is 10.1. The van der Waals surface area contributed by atoms with Gasteiger partial charge in [-0.1, -0.05) is 37.4 Å². The zero-order valence-corrected chi connectivity index (χ0v) is 10.1. The summed E-state index contributed by atoms with van der Waals surface area (Å²) < 4.78 is 0. The number of nitrogens with one attached hydrogen (secondary N) is 1. The van der Waals surface area contributed by atoms with E-state index in [1.165, 1.54) is 0 Å². The van der Waals surface area contributed by atoms with E-state index in [9.17, 15) is 0 Å². The number of allylic oxidation sites excluding steroid dienone is 7. The van der Waals surface area contributed by atoms with Crippen molar-refractivity contribution in [2.45, 2.75) is 6.92 Å². The van der Waals surface area contributed by atoms with Crippen LogP contribution in [0.25, 0.3) is 0 Å². The first-order valence-electron chi connectivity index (χ1n) is 4.97. The Balaban J connectivity index is 5.69. The van der Waals surface area contributed by atoms with Gasteiger partial charge in [-0.15, -0.1) is 6.58 Å². The summed E-state index contributed by atoms with van der Waals surface area (Å²) in [5.74, 6) is 0. The summed E-state index contributed by atoms with van der Waals surface area (Å²) in [5.41, 5.74) is 3.86. The molecule has 2 heteroatoms. The normalized spacial score (nSPS) is 12.5. The molecule has 82 valence electrons. The van der Waals surface area contributed by atoms with Gasteiger partial charge in [-0.05, 0) is 29.7 Å². The fourth-order valence-electron chi connectivity index (χ4n) is 1.21. The summed E-state index contributed by atoms with van der Waals surface area (Å²) in [4.78, 5) is 0. The van der Waals surface area contributed by atoms with Crippen molar-refractivity contribution < 1.29 is 0 Å². The first-order chi connectivity index (χ1) is 7.47. The van der Waals surface area contributed by atoms with Crippen LogP contribution in [0.1, 0.15) is 6.92 Å². The minimum Gasteiger partial charge on any atom is -0.388 e. The molecule has 0 aliphatic carbocycles. The fourth-order valence-corrected chi connectivity index (χ4v) is 1.21. The Bertz CT molecular complexity index is 384. The molecule has 0 heterocycles. The third-order valence-electron chi connectivity index (χ3n) is 2.12. The van der Waals surface area contributed by atoms with Gasteiger partial charge < -0.3 is 5.32 Å². The number of likely N-dealkylation sites (N-methyl/N-ethyl adjacent to an activating group) is 1. The molecule has 0 spiro atoms. The second-order valence-corrected chi connectivity index (χ2v) is 3.39. The number of hydrogen-bond acceptors (Lipinski definition) is 1. The third kappa shape index (κ3) is 3.81. The molecular weight excluding hydrogens is 193 g/mol. The summed E-state index contributed by atoms with van der Waals surface area (Å²) in [6.07, 6.45) is 5.36. The lowest BCUT2D eigenvalue weighted by Crippen LogP contribution is -2.09. The summed E-state index contributed by atoms with van der Waals surface area (Å²) in [5, 5.41) is 3.07. The summed E-state index contributed by atoms with van der Waals surface area (Å²) in [6, 6.07) is 0. The van der Waals surface area contributed by atoms with Crippen LogP contribution in [0.4, 0.5) is 0 Å². The van der Waals surface area contributed by atoms with Gasteiger partial charge in [0.25, 0.3) is 0 Å². The SMILES string of the molecule is [B]C(=C)/C(C(=C)C=C)=C(\C=C(\C)C=C)NC. The van der Waals surface area contributed by atoms with Gasteiger partial charge in [-0.25, -0.2) is 0 Å². The molecule has 0 bridgehead atoms. The van der Waals surface area contributed by atoms with Crippen LogP contribution in [-0.2, 0) is 0 Å². The lowest BCUT2D eigenvalue weighted by Gasteiger charge is -2.14. The van der Waals surface area contributed by atoms with Crippen LogP contribution in [-0.4, -0.2) is 14.9 Å². The predicted molar refractivity (Wildman–Crippen MR) is 74.3 cm³/mol. The van der Waals surface area contributed by atoms with Crippen LogP contribution in [0.5, 0.6) is 0 Å². The minimum atomic E-state index is 0.461. The third-order valence-corrected chi connectivity index (χ3v) is 2.12. The summed E-state index contributed by atoms with van der Waals surface area (Å²) in [7, 11) is 7.57. The molecule has 0 aromatic heterocycles. The van der Waals surface area contributed by atoms with Crippen molar-refractivity contribution in [3.05, 3.63) is 72.4 Å². The maximum atomic E-state index is 5.75. The van der Waals surface area contributed by atoms with Crippen LogP contribution in [0.15, 0.2) is 72.4 Å². The zero-order chi connectivity index (χ0) is 12.7. The average Bonchev–Trinajstić information content (AvgIpc) is 2.26. The van der Waals surface area contributed by atoms with Crippen molar-refractivity contribution in [2.24, 2.45) is 0 Å². The Morgan fingerprint density at radius 1 is 1.19 bits per heavy atom. The van der Waals surface area contributed by atoms with E-state index in [0.29, 0.717) is 5.47 Å². The summed E-state index contributed by atoms with van der Waals surface area (Å²) >= 11 is 0. The molecule has 0 aliphatic heterocycles. The molecule has 0 unspecified atom stereocenters. The maximum absolute atomic E-state index is 5.75. The molecule has 1 nitrogen and oxygen atoms in total. The Morgan fingerprint density at radius 3 is 2.06 bits per heavy atom. The molecule has 0 fully saturated rings. The highest BCUT2D eigenvalue weighted by Crippen LogP contribution is 2.20. The largest absolute Gasteiger partial charge is 0.388 e. The van der Waals surface area contributed by atoms with Crippen molar-refractivity contribution in [1.82, 2.24) is 5.32 Å². The van der Waals surface area contributed by atoms with Gasteiger partial charge >= 0.3 is 0 Å². The highest BCUT2D eigenvalue weighted by molar-refractivity contribution is 6.24. The highest BCUT2D eigenvalue weighted by atomic mass is 14.8. The summed E-state index contributed by atoms with van der Waals surface area (Å²) in [6.45, 7) is 17.0. The van der Waals surface area contributed by atoms with Crippen LogP contribution in [0, 0.1) is 0 Å². The lowest BCUT2D eigenvalue weighted by atomic mass is 9.84. The van der Waals surface area contributed by atoms with Crippen molar-refractivity contribution in [1.29, 1.82) is 0 Å². The highest BCUT2D eigenvalue weighted by Gasteiger charge is 2.06. The van der Waals surface area contributed by atoms with Gasteiger partial charge in [0.05, 0.1) is 0 Å². The molecule has 0 aliphatic rings. The van der Waals surface area contributed by atoms with Crippen LogP contribution < -0.4 is 5.32 Å². The van der Waals surface area contributed by atoms with E-state index in [1.54, 1.807) is 12.2 Å². The van der Waals surface area contributed by atoms with E-state index < -0.39 is 0 Å². The molecule has 0 rings (SSSR count). The van der Waals surface area contributed by atoms with E-state index in [2.05, 4.69) is 31.6 Å². The maximum Gasteiger partial charge on any atom is 0.113 e. The Morgan fingerprint density at radius 2 is 1.75 bits per heavy atom. The molecule has 0 aromatic rings. The van der Waals surface area contributed by atoms with E-state index in [0.717, 1.165) is 22.4 Å². The van der Waals surface area contributed by atoms with Gasteiger partial charge in [0.15, 0.2) is 0 Å². The van der Waals surface area contributed by atoms with Crippen molar-refractivity contribution in [2.75, 3.05) is 7.05 Å². The van der Waals surface area contributed by atoms with Crippen molar-refractivity contribution >= 4 is 7.85 Å². The average molecular weight is 211 g/mol. The molecule has 2 radical (unpaired) electrons. The lowest BCUT2D eigenvalue weighted by molar-refractivity contribution is 1.01. The van der Waals surface area contributed by atoms with E-state index >= 15 is 0 Å². The first-order valence-corrected chi connectivity index (χ1v) is 4.97. The molecule has 16 heavy (non-hydrogen) atoms. The van der Waals surface area contributed by atoms with Crippen LogP contribution in [0.2, 0.25) is 0 Å². The molecular formula is C14H18BN. The number of hydrogen-bond donors (Lipinski definition) is 1. The van der Waals surface area contributed by atoms with E-state index in [1.807, 2.05) is 20.0 Å². The van der Waals surface area contributed by atoms with Crippen LogP contribution in [0.3, 0.4) is 0 Å². The van der Waals surface area contributed by atoms with E-state index in [4.69, 9.17) is 7.85 Å². The Kier molecular flexibility index (Phi) is 6.01. The standard InChI is InChI=1S/C14H18BN/c1-7-10(3)9-13(16-6)14(12(5)15)11(4)8-2/h7-9,16H,1-2,4-5H2,3,6H3/b10-9-,14-13+. The molecule has 0 aromatic carbocycles. The topological polar surface area (TPSA) is 12.0 Å². The molecule has 1 N–H and O–H groups in total. The second-order valence-electron chi connectivity index (χ2n) is 3.39. The van der Waals surface area contributed by atoms with Crippen molar-refractivity contribution in [3.8, 4) is 0 Å². The quantitative estimate of drug-likeness (QED) is 0.526. The van der Waals surface area contributed by atoms with Crippen LogP contribution >= 0.6 is 0 Å². The predicted octanol–water partition coefficient (Wildman–Crippen LogP) is 3.02. The van der Waals surface area contributed by atoms with E-state index in [-0.39, 0.29) is 0 Å². The molecule has 0 amide bonds. The van der Waals surface area contributed by atoms with Gasteiger partial charge in [-0.2, -0.15) is 0 Å². The van der Waals surface area contributed by atoms with Gasteiger partial charge in [0.2, 0.25) is 0 Å².